The first-order valence-electron chi connectivity index (χ1n) is 7.85. The lowest BCUT2D eigenvalue weighted by Gasteiger charge is -2.09. The van der Waals surface area contributed by atoms with Gasteiger partial charge in [0.2, 0.25) is 0 Å². The van der Waals surface area contributed by atoms with Gasteiger partial charge in [0.25, 0.3) is 0 Å². The van der Waals surface area contributed by atoms with E-state index in [9.17, 15) is 9.59 Å². The molecule has 7 nitrogen and oxygen atoms in total. The molecule has 2 aromatic carbocycles. The van der Waals surface area contributed by atoms with Gasteiger partial charge in [-0.2, -0.15) is 5.10 Å². The van der Waals surface area contributed by atoms with Gasteiger partial charge in [0.15, 0.2) is 12.4 Å². The molecule has 0 saturated carbocycles. The molecule has 0 fully saturated rings. The number of halogens is 3. The van der Waals surface area contributed by atoms with Crippen LogP contribution >= 0.6 is 39.1 Å². The number of hydrazone groups is 1. The van der Waals surface area contributed by atoms with E-state index in [0.29, 0.717) is 11.3 Å². The minimum atomic E-state index is -0.561. The normalized spacial score (nSPS) is 10.6. The second kappa shape index (κ2) is 10.3. The molecule has 0 aliphatic rings. The standard InChI is InChI=1S/C18H16BrCl2N3O4/c1-10-5-12(3-4-13(10)19)23-18(26)24-22-8-11-6-14(20)17(15(21)7-11)28-9-16(25)27-2/h3-8H,9H2,1-2H3,(H2,23,24,26)/b22-8+. The van der Waals surface area contributed by atoms with Crippen molar-refractivity contribution in [3.8, 4) is 5.75 Å². The minimum Gasteiger partial charge on any atom is -0.479 e. The van der Waals surface area contributed by atoms with E-state index in [0.717, 1.165) is 10.0 Å². The maximum Gasteiger partial charge on any atom is 0.343 e. The zero-order valence-electron chi connectivity index (χ0n) is 14.9. The third kappa shape index (κ3) is 6.40. The fraction of sp³-hybridized carbons (Fsp3) is 0.167. The second-order valence-electron chi connectivity index (χ2n) is 5.47. The van der Waals surface area contributed by atoms with Crippen LogP contribution in [0.4, 0.5) is 10.5 Å². The highest BCUT2D eigenvalue weighted by Gasteiger charge is 2.11. The molecule has 2 rings (SSSR count). The van der Waals surface area contributed by atoms with Gasteiger partial charge in [-0.15, -0.1) is 0 Å². The highest BCUT2D eigenvalue weighted by Crippen LogP contribution is 2.33. The smallest absolute Gasteiger partial charge is 0.343 e. The summed E-state index contributed by atoms with van der Waals surface area (Å²) in [6.45, 7) is 1.60. The number of aryl methyl sites for hydroxylation is 1. The van der Waals surface area contributed by atoms with Crippen molar-refractivity contribution in [2.75, 3.05) is 19.0 Å². The Kier molecular flexibility index (Phi) is 8.10. The summed E-state index contributed by atoms with van der Waals surface area (Å²) in [4.78, 5) is 23.0. The van der Waals surface area contributed by atoms with Crippen LogP contribution in [-0.4, -0.2) is 31.9 Å². The second-order valence-corrected chi connectivity index (χ2v) is 7.14. The molecule has 0 aliphatic heterocycles. The van der Waals surface area contributed by atoms with Crippen molar-refractivity contribution >= 4 is 63.0 Å². The number of benzene rings is 2. The fourth-order valence-electron chi connectivity index (χ4n) is 2.03. The van der Waals surface area contributed by atoms with Gasteiger partial charge < -0.3 is 14.8 Å². The summed E-state index contributed by atoms with van der Waals surface area (Å²) in [6.07, 6.45) is 1.37. The summed E-state index contributed by atoms with van der Waals surface area (Å²) in [5.74, 6) is -0.406. The van der Waals surface area contributed by atoms with Crippen molar-refractivity contribution in [3.63, 3.8) is 0 Å². The molecule has 0 aliphatic carbocycles. The molecule has 10 heteroatoms. The molecule has 0 saturated heterocycles. The number of esters is 1. The summed E-state index contributed by atoms with van der Waals surface area (Å²) in [5, 5.41) is 6.88. The summed E-state index contributed by atoms with van der Waals surface area (Å²) in [5.41, 5.74) is 4.49. The lowest BCUT2D eigenvalue weighted by molar-refractivity contribution is -0.142. The van der Waals surface area contributed by atoms with Gasteiger partial charge in [-0.25, -0.2) is 15.0 Å². The summed E-state index contributed by atoms with van der Waals surface area (Å²) in [7, 11) is 1.25. The predicted octanol–water partition coefficient (Wildman–Crippen LogP) is 4.77. The number of hydrogen-bond donors (Lipinski definition) is 2. The van der Waals surface area contributed by atoms with Crippen LogP contribution in [0.15, 0.2) is 39.9 Å². The van der Waals surface area contributed by atoms with Crippen LogP contribution in [0.3, 0.4) is 0 Å². The van der Waals surface area contributed by atoms with Crippen LogP contribution in [0.2, 0.25) is 10.0 Å². The van der Waals surface area contributed by atoms with E-state index in [4.69, 9.17) is 27.9 Å². The minimum absolute atomic E-state index is 0.155. The molecule has 0 radical (unpaired) electrons. The SMILES string of the molecule is COC(=O)COc1c(Cl)cc(/C=N/NC(=O)Nc2ccc(Br)c(C)c2)cc1Cl. The number of hydrogen-bond acceptors (Lipinski definition) is 5. The van der Waals surface area contributed by atoms with Gasteiger partial charge in [-0.05, 0) is 48.4 Å². The maximum absolute atomic E-state index is 11.9. The molecule has 0 atom stereocenters. The number of nitrogens with zero attached hydrogens (tertiary/aromatic N) is 1. The van der Waals surface area contributed by atoms with Crippen LogP contribution in [0.1, 0.15) is 11.1 Å². The number of anilines is 1. The Morgan fingerprint density at radius 3 is 2.50 bits per heavy atom. The van der Waals surface area contributed by atoms with Crippen molar-refractivity contribution in [2.45, 2.75) is 6.92 Å². The average Bonchev–Trinajstić information content (AvgIpc) is 2.63. The fourth-order valence-corrected chi connectivity index (χ4v) is 2.89. The number of rotatable bonds is 6. The van der Waals surface area contributed by atoms with Gasteiger partial charge in [0.05, 0.1) is 23.4 Å². The van der Waals surface area contributed by atoms with Gasteiger partial charge in [-0.1, -0.05) is 39.1 Å². The lowest BCUT2D eigenvalue weighted by Crippen LogP contribution is -2.24. The predicted molar refractivity (Wildman–Crippen MR) is 113 cm³/mol. The van der Waals surface area contributed by atoms with Crippen LogP contribution in [0, 0.1) is 6.92 Å². The number of urea groups is 1. The number of ether oxygens (including phenoxy) is 2. The Balaban J connectivity index is 1.96. The molecule has 0 bridgehead atoms. The van der Waals surface area contributed by atoms with E-state index in [2.05, 4.69) is 36.5 Å². The number of methoxy groups -OCH3 is 1. The van der Waals surface area contributed by atoms with Crippen molar-refractivity contribution in [1.29, 1.82) is 0 Å². The molecule has 0 aromatic heterocycles. The van der Waals surface area contributed by atoms with E-state index in [1.54, 1.807) is 6.07 Å². The Morgan fingerprint density at radius 1 is 1.21 bits per heavy atom. The number of carbonyl (C=O) groups excluding carboxylic acids is 2. The third-order valence-electron chi connectivity index (χ3n) is 3.38. The molecular weight excluding hydrogens is 473 g/mol. The summed E-state index contributed by atoms with van der Waals surface area (Å²) < 4.78 is 10.7. The van der Waals surface area contributed by atoms with E-state index in [1.165, 1.54) is 25.5 Å². The largest absolute Gasteiger partial charge is 0.479 e. The molecular formula is C18H16BrCl2N3O4. The van der Waals surface area contributed by atoms with Crippen molar-refractivity contribution in [3.05, 3.63) is 56.0 Å². The Bertz CT molecular complexity index is 899. The zero-order chi connectivity index (χ0) is 20.7. The van der Waals surface area contributed by atoms with Gasteiger partial charge >= 0.3 is 12.0 Å². The first-order valence-corrected chi connectivity index (χ1v) is 9.40. The number of carbonyl (C=O) groups is 2. The van der Waals surface area contributed by atoms with Crippen LogP contribution in [0.25, 0.3) is 0 Å². The first kappa shape index (κ1) is 22.0. The molecule has 0 spiro atoms. The highest BCUT2D eigenvalue weighted by atomic mass is 79.9. The number of nitrogens with one attached hydrogen (secondary N) is 2. The van der Waals surface area contributed by atoms with E-state index < -0.39 is 12.0 Å². The molecule has 2 N–H and O–H groups in total. The highest BCUT2D eigenvalue weighted by molar-refractivity contribution is 9.10. The van der Waals surface area contributed by atoms with Crippen LogP contribution in [0.5, 0.6) is 5.75 Å². The number of amides is 2. The molecule has 2 aromatic rings. The van der Waals surface area contributed by atoms with E-state index in [-0.39, 0.29) is 22.4 Å². The first-order chi connectivity index (χ1) is 13.3. The van der Waals surface area contributed by atoms with Gasteiger partial charge in [0, 0.05) is 10.2 Å². The molecule has 2 amide bonds. The summed E-state index contributed by atoms with van der Waals surface area (Å²) >= 11 is 15.6. The van der Waals surface area contributed by atoms with E-state index >= 15 is 0 Å². The molecule has 28 heavy (non-hydrogen) atoms. The lowest BCUT2D eigenvalue weighted by atomic mass is 10.2. The Morgan fingerprint density at radius 2 is 1.89 bits per heavy atom. The monoisotopic (exact) mass is 487 g/mol. The van der Waals surface area contributed by atoms with E-state index in [1.807, 2.05) is 19.1 Å². The molecule has 0 heterocycles. The summed E-state index contributed by atoms with van der Waals surface area (Å²) in [6, 6.07) is 7.96. The molecule has 0 unspecified atom stereocenters. The van der Waals surface area contributed by atoms with Crippen molar-refractivity contribution < 1.29 is 19.1 Å². The van der Waals surface area contributed by atoms with Gasteiger partial charge in [0.1, 0.15) is 0 Å². The molecule has 148 valence electrons. The zero-order valence-corrected chi connectivity index (χ0v) is 18.0. The average molecular weight is 489 g/mol. The third-order valence-corrected chi connectivity index (χ3v) is 4.83. The Labute approximate surface area is 180 Å². The van der Waals surface area contributed by atoms with Crippen molar-refractivity contribution in [2.24, 2.45) is 5.10 Å². The van der Waals surface area contributed by atoms with Crippen LogP contribution in [-0.2, 0) is 9.53 Å². The quantitative estimate of drug-likeness (QED) is 0.348. The Hall–Kier alpha value is -2.29. The topological polar surface area (TPSA) is 89.0 Å². The van der Waals surface area contributed by atoms with Gasteiger partial charge in [-0.3, -0.25) is 0 Å². The maximum atomic E-state index is 11.9. The van der Waals surface area contributed by atoms with Crippen molar-refractivity contribution in [1.82, 2.24) is 5.43 Å². The van der Waals surface area contributed by atoms with Crippen LogP contribution < -0.4 is 15.5 Å².